The highest BCUT2D eigenvalue weighted by atomic mass is 35.5. The molecule has 1 N–H and O–H groups in total. The minimum atomic E-state index is -0.566. The van der Waals surface area contributed by atoms with E-state index in [1.165, 1.54) is 11.0 Å². The molecule has 0 radical (unpaired) electrons. The Balaban J connectivity index is 1.96. The molecule has 0 saturated carbocycles. The number of nitrogens with one attached hydrogen (secondary N) is 1. The second kappa shape index (κ2) is 8.08. The van der Waals surface area contributed by atoms with Crippen LogP contribution in [0.1, 0.15) is 12.5 Å². The number of hydrogen-bond donors (Lipinski definition) is 1. The Hall–Kier alpha value is -2.41. The van der Waals surface area contributed by atoms with Gasteiger partial charge < -0.3 is 4.74 Å². The summed E-state index contributed by atoms with van der Waals surface area (Å²) in [7, 11) is 0. The van der Waals surface area contributed by atoms with Crippen LogP contribution in [-0.2, 0) is 9.59 Å². The molecule has 0 bridgehead atoms. The summed E-state index contributed by atoms with van der Waals surface area (Å²) >= 11 is 17.2. The summed E-state index contributed by atoms with van der Waals surface area (Å²) in [5.74, 6) is -0.422. The van der Waals surface area contributed by atoms with Gasteiger partial charge in [0.1, 0.15) is 11.3 Å². The third-order valence-electron chi connectivity index (χ3n) is 3.71. The predicted octanol–water partition coefficient (Wildman–Crippen LogP) is 4.22. The first kappa shape index (κ1) is 19.4. The van der Waals surface area contributed by atoms with Crippen molar-refractivity contribution in [3.05, 3.63) is 63.6 Å². The van der Waals surface area contributed by atoms with Gasteiger partial charge in [-0.1, -0.05) is 35.3 Å². The normalized spacial score (nSPS) is 15.9. The molecule has 2 amide bonds. The number of thiocarbonyl (C=S) groups is 1. The molecule has 1 fully saturated rings. The SMILES string of the molecule is CCOc1ccc(C=C2C(=O)NC(=S)N(c3cc(Cl)cc(Cl)c3)C2=O)cc1. The van der Waals surface area contributed by atoms with Crippen molar-refractivity contribution >= 4 is 64.1 Å². The molecule has 27 heavy (non-hydrogen) atoms. The van der Waals surface area contributed by atoms with Crippen LogP contribution in [0.4, 0.5) is 5.69 Å². The van der Waals surface area contributed by atoms with Crippen molar-refractivity contribution in [2.45, 2.75) is 6.92 Å². The van der Waals surface area contributed by atoms with Crippen LogP contribution in [0.15, 0.2) is 48.0 Å². The van der Waals surface area contributed by atoms with E-state index in [1.807, 2.05) is 6.92 Å². The first-order valence-corrected chi connectivity index (χ1v) is 9.16. The topological polar surface area (TPSA) is 58.6 Å². The number of ether oxygens (including phenoxy) is 1. The van der Waals surface area contributed by atoms with E-state index in [0.29, 0.717) is 33.7 Å². The molecule has 8 heteroatoms. The van der Waals surface area contributed by atoms with E-state index < -0.39 is 11.8 Å². The molecule has 138 valence electrons. The highest BCUT2D eigenvalue weighted by molar-refractivity contribution is 7.80. The summed E-state index contributed by atoms with van der Waals surface area (Å²) in [6, 6.07) is 11.7. The Morgan fingerprint density at radius 1 is 1.11 bits per heavy atom. The van der Waals surface area contributed by atoms with E-state index in [2.05, 4.69) is 5.32 Å². The molecule has 1 aliphatic heterocycles. The average Bonchev–Trinajstić information content (AvgIpc) is 2.59. The van der Waals surface area contributed by atoms with Gasteiger partial charge in [-0.05, 0) is 61.1 Å². The molecule has 0 atom stereocenters. The fourth-order valence-corrected chi connectivity index (χ4v) is 3.35. The van der Waals surface area contributed by atoms with Crippen LogP contribution in [0.5, 0.6) is 5.75 Å². The minimum absolute atomic E-state index is 0.0350. The third-order valence-corrected chi connectivity index (χ3v) is 4.43. The predicted molar refractivity (Wildman–Crippen MR) is 110 cm³/mol. The zero-order valence-corrected chi connectivity index (χ0v) is 16.5. The van der Waals surface area contributed by atoms with Crippen LogP contribution in [0.25, 0.3) is 6.08 Å². The van der Waals surface area contributed by atoms with Crippen LogP contribution < -0.4 is 15.0 Å². The van der Waals surface area contributed by atoms with E-state index in [4.69, 9.17) is 40.2 Å². The summed E-state index contributed by atoms with van der Waals surface area (Å²) in [5, 5.41) is 3.18. The van der Waals surface area contributed by atoms with Crippen molar-refractivity contribution in [1.82, 2.24) is 5.32 Å². The number of benzene rings is 2. The monoisotopic (exact) mass is 420 g/mol. The van der Waals surface area contributed by atoms with Crippen molar-refractivity contribution in [3.8, 4) is 5.75 Å². The van der Waals surface area contributed by atoms with Crippen LogP contribution in [0.3, 0.4) is 0 Å². The van der Waals surface area contributed by atoms with E-state index in [0.717, 1.165) is 0 Å². The van der Waals surface area contributed by atoms with Crippen molar-refractivity contribution in [1.29, 1.82) is 0 Å². The van der Waals surface area contributed by atoms with Gasteiger partial charge in [0.05, 0.1) is 12.3 Å². The molecule has 1 heterocycles. The molecule has 2 aromatic carbocycles. The molecule has 3 rings (SSSR count). The van der Waals surface area contributed by atoms with Gasteiger partial charge in [0, 0.05) is 10.0 Å². The Morgan fingerprint density at radius 2 is 1.74 bits per heavy atom. The third kappa shape index (κ3) is 4.30. The van der Waals surface area contributed by atoms with Crippen LogP contribution >= 0.6 is 35.4 Å². The maximum absolute atomic E-state index is 12.9. The van der Waals surface area contributed by atoms with Gasteiger partial charge in [0.2, 0.25) is 0 Å². The lowest BCUT2D eigenvalue weighted by Gasteiger charge is -2.29. The summed E-state index contributed by atoms with van der Waals surface area (Å²) < 4.78 is 5.39. The lowest BCUT2D eigenvalue weighted by atomic mass is 10.1. The van der Waals surface area contributed by atoms with Gasteiger partial charge in [-0.15, -0.1) is 0 Å². The molecule has 1 aliphatic rings. The van der Waals surface area contributed by atoms with Gasteiger partial charge in [0.25, 0.3) is 11.8 Å². The molecule has 0 unspecified atom stereocenters. The highest BCUT2D eigenvalue weighted by Gasteiger charge is 2.34. The number of carbonyl (C=O) groups excluding carboxylic acids is 2. The van der Waals surface area contributed by atoms with Crippen LogP contribution in [0.2, 0.25) is 10.0 Å². The van der Waals surface area contributed by atoms with Gasteiger partial charge in [-0.3, -0.25) is 19.8 Å². The number of amides is 2. The summed E-state index contributed by atoms with van der Waals surface area (Å²) in [4.78, 5) is 26.4. The molecular formula is C19H14Cl2N2O3S. The van der Waals surface area contributed by atoms with Crippen LogP contribution in [0, 0.1) is 0 Å². The second-order valence-corrected chi connectivity index (χ2v) is 6.85. The molecular weight excluding hydrogens is 407 g/mol. The maximum atomic E-state index is 12.9. The molecule has 5 nitrogen and oxygen atoms in total. The number of hydrogen-bond acceptors (Lipinski definition) is 4. The molecule has 1 saturated heterocycles. The lowest BCUT2D eigenvalue weighted by Crippen LogP contribution is -2.54. The van der Waals surface area contributed by atoms with E-state index in [9.17, 15) is 9.59 Å². The summed E-state index contributed by atoms with van der Waals surface area (Å²) in [6.45, 7) is 2.44. The molecule has 0 spiro atoms. The number of rotatable bonds is 4. The van der Waals surface area contributed by atoms with Crippen molar-refractivity contribution in [2.75, 3.05) is 11.5 Å². The van der Waals surface area contributed by atoms with E-state index >= 15 is 0 Å². The van der Waals surface area contributed by atoms with Gasteiger partial charge in [0.15, 0.2) is 5.11 Å². The maximum Gasteiger partial charge on any atom is 0.270 e. The summed E-state index contributed by atoms with van der Waals surface area (Å²) in [5.41, 5.74) is 0.998. The number of carbonyl (C=O) groups is 2. The smallest absolute Gasteiger partial charge is 0.270 e. The van der Waals surface area contributed by atoms with Crippen molar-refractivity contribution in [2.24, 2.45) is 0 Å². The lowest BCUT2D eigenvalue weighted by molar-refractivity contribution is -0.122. The van der Waals surface area contributed by atoms with Gasteiger partial charge in [-0.25, -0.2) is 0 Å². The Kier molecular flexibility index (Phi) is 5.79. The van der Waals surface area contributed by atoms with Gasteiger partial charge >= 0.3 is 0 Å². The van der Waals surface area contributed by atoms with Crippen LogP contribution in [-0.4, -0.2) is 23.5 Å². The largest absolute Gasteiger partial charge is 0.494 e. The van der Waals surface area contributed by atoms with Gasteiger partial charge in [-0.2, -0.15) is 0 Å². The fourth-order valence-electron chi connectivity index (χ4n) is 2.55. The first-order chi connectivity index (χ1) is 12.9. The Labute approximate surface area is 171 Å². The van der Waals surface area contributed by atoms with Crippen molar-refractivity contribution in [3.63, 3.8) is 0 Å². The van der Waals surface area contributed by atoms with E-state index in [-0.39, 0.29) is 10.7 Å². The zero-order chi connectivity index (χ0) is 19.6. The Morgan fingerprint density at radius 3 is 2.33 bits per heavy atom. The highest BCUT2D eigenvalue weighted by Crippen LogP contribution is 2.28. The van der Waals surface area contributed by atoms with E-state index in [1.54, 1.807) is 42.5 Å². The number of anilines is 1. The number of halogens is 2. The second-order valence-electron chi connectivity index (χ2n) is 5.59. The number of nitrogens with zero attached hydrogens (tertiary/aromatic N) is 1. The summed E-state index contributed by atoms with van der Waals surface area (Å²) in [6.07, 6.45) is 1.49. The molecule has 0 aliphatic carbocycles. The average molecular weight is 421 g/mol. The molecule has 2 aromatic rings. The molecule has 0 aromatic heterocycles. The first-order valence-electron chi connectivity index (χ1n) is 7.99. The Bertz CT molecular complexity index is 938. The quantitative estimate of drug-likeness (QED) is 0.456. The standard InChI is InChI=1S/C19H14Cl2N2O3S/c1-2-26-15-5-3-11(4-6-15)7-16-17(24)22-19(27)23(18(16)25)14-9-12(20)8-13(21)10-14/h3-10H,2H2,1H3,(H,22,24,27). The van der Waals surface area contributed by atoms with Crippen molar-refractivity contribution < 1.29 is 14.3 Å². The fraction of sp³-hybridized carbons (Fsp3) is 0.105. The minimum Gasteiger partial charge on any atom is -0.494 e. The zero-order valence-electron chi connectivity index (χ0n) is 14.2.